The Morgan fingerprint density at radius 3 is 2.70 bits per heavy atom. The summed E-state index contributed by atoms with van der Waals surface area (Å²) >= 11 is 1.16. The molecule has 0 aliphatic heterocycles. The third kappa shape index (κ3) is 5.82. The lowest BCUT2D eigenvalue weighted by Crippen LogP contribution is -2.44. The number of aromatic nitrogens is 2. The van der Waals surface area contributed by atoms with Crippen LogP contribution in [0.1, 0.15) is 40.0 Å². The number of rotatable bonds is 8. The third-order valence-electron chi connectivity index (χ3n) is 4.14. The van der Waals surface area contributed by atoms with E-state index in [1.165, 1.54) is 0 Å². The molecule has 2 aromatic rings. The zero-order chi connectivity index (χ0) is 19.8. The Labute approximate surface area is 162 Å². The Balaban J connectivity index is 2.13. The van der Waals surface area contributed by atoms with Gasteiger partial charge in [-0.2, -0.15) is 0 Å². The number of fused-ring (bicyclic) bond motifs is 1. The van der Waals surface area contributed by atoms with Crippen LogP contribution in [0, 0.1) is 0 Å². The second-order valence-electron chi connectivity index (χ2n) is 6.34. The van der Waals surface area contributed by atoms with E-state index in [0.29, 0.717) is 22.6 Å². The molecule has 0 bridgehead atoms. The van der Waals surface area contributed by atoms with Gasteiger partial charge in [0.2, 0.25) is 5.91 Å². The molecule has 0 unspecified atom stereocenters. The molecular weight excluding hydrogens is 364 g/mol. The summed E-state index contributed by atoms with van der Waals surface area (Å²) in [6, 6.07) is 6.66. The van der Waals surface area contributed by atoms with Gasteiger partial charge in [-0.25, -0.2) is 9.78 Å². The van der Waals surface area contributed by atoms with E-state index in [2.05, 4.69) is 22.5 Å². The molecule has 1 aromatic heterocycles. The molecular formula is C19H26N4O3S. The molecule has 0 aliphatic rings. The number of hydrogen-bond acceptors (Lipinski definition) is 5. The fourth-order valence-corrected chi connectivity index (χ4v) is 3.25. The minimum absolute atomic E-state index is 0.00479. The van der Waals surface area contributed by atoms with Gasteiger partial charge in [-0.1, -0.05) is 44.2 Å². The second kappa shape index (κ2) is 10.1. The maximum absolute atomic E-state index is 12.8. The first-order chi connectivity index (χ1) is 13.0. The van der Waals surface area contributed by atoms with E-state index >= 15 is 0 Å². The Kier molecular flexibility index (Phi) is 7.84. The van der Waals surface area contributed by atoms with Crippen LogP contribution in [-0.4, -0.2) is 33.3 Å². The summed E-state index contributed by atoms with van der Waals surface area (Å²) < 4.78 is 1.61. The summed E-state index contributed by atoms with van der Waals surface area (Å²) in [4.78, 5) is 41.1. The van der Waals surface area contributed by atoms with Crippen molar-refractivity contribution in [3.05, 3.63) is 34.6 Å². The van der Waals surface area contributed by atoms with E-state index in [1.807, 2.05) is 26.0 Å². The Bertz CT molecular complexity index is 866. The SMILES string of the molecule is CCCCn1c(SCC(=O)NC(=O)N[C@H](C)CC)nc2ccccc2c1=O. The molecule has 1 aromatic carbocycles. The number of benzene rings is 1. The van der Waals surface area contributed by atoms with Gasteiger partial charge in [-0.3, -0.25) is 19.5 Å². The maximum atomic E-state index is 12.8. The molecule has 7 nitrogen and oxygen atoms in total. The summed E-state index contributed by atoms with van der Waals surface area (Å²) in [6.07, 6.45) is 2.57. The van der Waals surface area contributed by atoms with Crippen molar-refractivity contribution in [1.82, 2.24) is 20.2 Å². The lowest BCUT2D eigenvalue weighted by atomic mass is 10.2. The van der Waals surface area contributed by atoms with Gasteiger partial charge in [-0.15, -0.1) is 0 Å². The topological polar surface area (TPSA) is 93.1 Å². The molecule has 0 spiro atoms. The third-order valence-corrected chi connectivity index (χ3v) is 5.11. The normalized spacial score (nSPS) is 12.0. The first-order valence-electron chi connectivity index (χ1n) is 9.19. The molecule has 0 fully saturated rings. The monoisotopic (exact) mass is 390 g/mol. The summed E-state index contributed by atoms with van der Waals surface area (Å²) in [5.74, 6) is -0.421. The molecule has 3 amide bonds. The van der Waals surface area contributed by atoms with E-state index in [-0.39, 0.29) is 17.4 Å². The van der Waals surface area contributed by atoms with Gasteiger partial charge in [0.15, 0.2) is 5.16 Å². The van der Waals surface area contributed by atoms with Crippen molar-refractivity contribution in [2.75, 3.05) is 5.75 Å². The molecule has 0 radical (unpaired) electrons. The van der Waals surface area contributed by atoms with Crippen LogP contribution in [0.4, 0.5) is 4.79 Å². The van der Waals surface area contributed by atoms with E-state index < -0.39 is 11.9 Å². The molecule has 2 rings (SSSR count). The number of hydrogen-bond donors (Lipinski definition) is 2. The molecule has 8 heteroatoms. The molecule has 0 saturated carbocycles. The number of amides is 3. The van der Waals surface area contributed by atoms with Crippen molar-refractivity contribution in [2.45, 2.75) is 57.8 Å². The van der Waals surface area contributed by atoms with Crippen molar-refractivity contribution < 1.29 is 9.59 Å². The van der Waals surface area contributed by atoms with Crippen LogP contribution < -0.4 is 16.2 Å². The predicted octanol–water partition coefficient (Wildman–Crippen LogP) is 2.91. The van der Waals surface area contributed by atoms with Gasteiger partial charge < -0.3 is 5.32 Å². The first kappa shape index (κ1) is 21.0. The number of carbonyl (C=O) groups is 2. The van der Waals surface area contributed by atoms with Gasteiger partial charge in [-0.05, 0) is 31.9 Å². The highest BCUT2D eigenvalue weighted by Gasteiger charge is 2.14. The second-order valence-corrected chi connectivity index (χ2v) is 7.28. The average Bonchev–Trinajstić information content (AvgIpc) is 2.65. The Hall–Kier alpha value is -2.35. The summed E-state index contributed by atoms with van der Waals surface area (Å²) in [5, 5.41) is 6.04. The van der Waals surface area contributed by atoms with Crippen LogP contribution in [0.5, 0.6) is 0 Å². The summed E-state index contributed by atoms with van der Waals surface area (Å²) in [6.45, 7) is 6.41. The minimum atomic E-state index is -0.509. The van der Waals surface area contributed by atoms with Crippen LogP contribution >= 0.6 is 11.8 Å². The van der Waals surface area contributed by atoms with Crippen molar-refractivity contribution >= 4 is 34.6 Å². The number of imide groups is 1. The van der Waals surface area contributed by atoms with Crippen molar-refractivity contribution in [3.63, 3.8) is 0 Å². The smallest absolute Gasteiger partial charge is 0.321 e. The molecule has 27 heavy (non-hydrogen) atoms. The van der Waals surface area contributed by atoms with Gasteiger partial charge in [0, 0.05) is 12.6 Å². The highest BCUT2D eigenvalue weighted by atomic mass is 32.2. The van der Waals surface area contributed by atoms with Crippen molar-refractivity contribution in [1.29, 1.82) is 0 Å². The van der Waals surface area contributed by atoms with Crippen LogP contribution in [-0.2, 0) is 11.3 Å². The van der Waals surface area contributed by atoms with E-state index in [4.69, 9.17) is 0 Å². The standard InChI is InChI=1S/C19H26N4O3S/c1-4-6-11-23-17(25)14-9-7-8-10-15(14)21-19(23)27-12-16(24)22-18(26)20-13(3)5-2/h7-10,13H,4-6,11-12H2,1-3H3,(H2,20,22,24,26)/t13-/m1/s1. The Morgan fingerprint density at radius 1 is 1.26 bits per heavy atom. The zero-order valence-corrected chi connectivity index (χ0v) is 16.8. The number of unbranched alkanes of at least 4 members (excludes halogenated alkanes) is 1. The highest BCUT2D eigenvalue weighted by molar-refractivity contribution is 7.99. The molecule has 146 valence electrons. The number of urea groups is 1. The number of thioether (sulfide) groups is 1. The van der Waals surface area contributed by atoms with Crippen LogP contribution in [0.15, 0.2) is 34.2 Å². The maximum Gasteiger partial charge on any atom is 0.321 e. The average molecular weight is 391 g/mol. The van der Waals surface area contributed by atoms with Crippen LogP contribution in [0.3, 0.4) is 0 Å². The van der Waals surface area contributed by atoms with Crippen LogP contribution in [0.25, 0.3) is 10.9 Å². The largest absolute Gasteiger partial charge is 0.335 e. The molecule has 0 saturated heterocycles. The lowest BCUT2D eigenvalue weighted by molar-refractivity contribution is -0.117. The zero-order valence-electron chi connectivity index (χ0n) is 15.9. The van der Waals surface area contributed by atoms with Gasteiger partial charge in [0.1, 0.15) is 0 Å². The van der Waals surface area contributed by atoms with Gasteiger partial charge >= 0.3 is 6.03 Å². The fourth-order valence-electron chi connectivity index (χ4n) is 2.43. The lowest BCUT2D eigenvalue weighted by Gasteiger charge is -2.13. The summed E-state index contributed by atoms with van der Waals surface area (Å²) in [5.41, 5.74) is 0.499. The summed E-state index contributed by atoms with van der Waals surface area (Å²) in [7, 11) is 0. The Morgan fingerprint density at radius 2 is 2.00 bits per heavy atom. The first-order valence-corrected chi connectivity index (χ1v) is 10.2. The number of carbonyl (C=O) groups excluding carboxylic acids is 2. The van der Waals surface area contributed by atoms with Crippen LogP contribution in [0.2, 0.25) is 0 Å². The molecule has 1 atom stereocenters. The molecule has 0 aliphatic carbocycles. The molecule has 1 heterocycles. The van der Waals surface area contributed by atoms with E-state index in [9.17, 15) is 14.4 Å². The molecule has 2 N–H and O–H groups in total. The van der Waals surface area contributed by atoms with Gasteiger partial charge in [0.05, 0.1) is 16.7 Å². The van der Waals surface area contributed by atoms with E-state index in [1.54, 1.807) is 16.7 Å². The van der Waals surface area contributed by atoms with Gasteiger partial charge in [0.25, 0.3) is 5.56 Å². The van der Waals surface area contributed by atoms with Crippen molar-refractivity contribution in [2.24, 2.45) is 0 Å². The number of para-hydroxylation sites is 1. The van der Waals surface area contributed by atoms with Crippen molar-refractivity contribution in [3.8, 4) is 0 Å². The van der Waals surface area contributed by atoms with E-state index in [0.717, 1.165) is 31.0 Å². The minimum Gasteiger partial charge on any atom is -0.335 e. The number of nitrogens with one attached hydrogen (secondary N) is 2. The fraction of sp³-hybridized carbons (Fsp3) is 0.474. The number of nitrogens with zero attached hydrogens (tertiary/aromatic N) is 2. The quantitative estimate of drug-likeness (QED) is 0.534. The highest BCUT2D eigenvalue weighted by Crippen LogP contribution is 2.18. The predicted molar refractivity (Wildman–Crippen MR) is 108 cm³/mol.